The van der Waals surface area contributed by atoms with E-state index in [2.05, 4.69) is 0 Å². The van der Waals surface area contributed by atoms with E-state index < -0.39 is 48.9 Å². The first kappa shape index (κ1) is 17.5. The average molecular weight is 366 g/mol. The Bertz CT molecular complexity index is 797. The maximum absolute atomic E-state index is 13.4. The molecular weight excluding hydrogens is 350 g/mol. The molecule has 2 heterocycles. The number of rotatable bonds is 4. The summed E-state index contributed by atoms with van der Waals surface area (Å²) in [5.41, 5.74) is -3.46. The number of ether oxygens (including phenoxy) is 1. The predicted molar refractivity (Wildman–Crippen MR) is 75.5 cm³/mol. The molecule has 1 saturated carbocycles. The van der Waals surface area contributed by atoms with Gasteiger partial charge in [-0.25, -0.2) is 9.36 Å². The molecule has 1 aromatic heterocycles. The van der Waals surface area contributed by atoms with Gasteiger partial charge in [0.2, 0.25) is 5.82 Å². The van der Waals surface area contributed by atoms with Crippen molar-refractivity contribution in [2.45, 2.75) is 49.7 Å². The van der Waals surface area contributed by atoms with Crippen LogP contribution in [0.15, 0.2) is 15.8 Å². The van der Waals surface area contributed by atoms with E-state index in [4.69, 9.17) is 19.0 Å². The van der Waals surface area contributed by atoms with Crippen LogP contribution in [0.5, 0.6) is 0 Å². The summed E-state index contributed by atoms with van der Waals surface area (Å²) < 4.78 is 35.7. The molecule has 2 fully saturated rings. The first-order valence-corrected chi connectivity index (χ1v) is 8.75. The summed E-state index contributed by atoms with van der Waals surface area (Å²) >= 11 is 0. The summed E-state index contributed by atoms with van der Waals surface area (Å²) in [6, 6.07) is 0. The maximum atomic E-state index is 13.4. The van der Waals surface area contributed by atoms with Crippen LogP contribution in [0.3, 0.4) is 0 Å². The van der Waals surface area contributed by atoms with E-state index in [1.807, 2.05) is 0 Å². The highest BCUT2D eigenvalue weighted by molar-refractivity contribution is 7.46. The number of halogens is 1. The molecule has 2 aliphatic rings. The highest BCUT2D eigenvalue weighted by Gasteiger charge is 2.56. The molecule has 3 atom stereocenters. The summed E-state index contributed by atoms with van der Waals surface area (Å²) in [5.74, 6) is -1.19. The van der Waals surface area contributed by atoms with Crippen molar-refractivity contribution >= 4 is 7.82 Å². The summed E-state index contributed by atoms with van der Waals surface area (Å²) in [5, 5.41) is 10.2. The molecule has 12 heteroatoms. The lowest BCUT2D eigenvalue weighted by atomic mass is 9.74. The van der Waals surface area contributed by atoms with Crippen molar-refractivity contribution in [1.29, 1.82) is 0 Å². The molecule has 1 saturated heterocycles. The maximum Gasteiger partial charge on any atom is 0.470 e. The van der Waals surface area contributed by atoms with Gasteiger partial charge in [0, 0.05) is 6.42 Å². The van der Waals surface area contributed by atoms with Crippen LogP contribution in [0.1, 0.15) is 31.9 Å². The van der Waals surface area contributed by atoms with Gasteiger partial charge in [0.15, 0.2) is 0 Å². The van der Waals surface area contributed by atoms with E-state index in [0.717, 1.165) is 4.57 Å². The zero-order valence-corrected chi connectivity index (χ0v) is 13.2. The Hall–Kier alpha value is -1.36. The van der Waals surface area contributed by atoms with Crippen molar-refractivity contribution in [1.82, 2.24) is 9.55 Å². The fourth-order valence-electron chi connectivity index (χ4n) is 3.16. The number of aromatic amines is 1. The van der Waals surface area contributed by atoms with Crippen LogP contribution < -0.4 is 11.2 Å². The minimum Gasteiger partial charge on any atom is -0.390 e. The van der Waals surface area contributed by atoms with Crippen molar-refractivity contribution in [3.05, 3.63) is 32.9 Å². The van der Waals surface area contributed by atoms with E-state index in [9.17, 15) is 23.7 Å². The predicted octanol–water partition coefficient (Wildman–Crippen LogP) is -0.644. The Morgan fingerprint density at radius 1 is 1.42 bits per heavy atom. The summed E-state index contributed by atoms with van der Waals surface area (Å²) in [4.78, 5) is 42.8. The molecule has 1 aromatic rings. The van der Waals surface area contributed by atoms with Crippen molar-refractivity contribution in [2.75, 3.05) is 0 Å². The Morgan fingerprint density at radius 2 is 2.08 bits per heavy atom. The van der Waals surface area contributed by atoms with Gasteiger partial charge in [-0.1, -0.05) is 0 Å². The lowest BCUT2D eigenvalue weighted by Gasteiger charge is -2.45. The SMILES string of the molecule is O=c1[nH]c(=O)n([C@H]2CC(O)[C@@H](C3(OP(=O)(O)O)CCC3)O2)cc1F. The average Bonchev–Trinajstić information content (AvgIpc) is 2.79. The zero-order chi connectivity index (χ0) is 17.7. The molecule has 0 bridgehead atoms. The molecule has 4 N–H and O–H groups in total. The summed E-state index contributed by atoms with van der Waals surface area (Å²) in [7, 11) is -4.81. The van der Waals surface area contributed by atoms with Crippen LogP contribution >= 0.6 is 7.82 Å². The van der Waals surface area contributed by atoms with Crippen molar-refractivity contribution in [3.8, 4) is 0 Å². The van der Waals surface area contributed by atoms with Crippen LogP contribution in [-0.4, -0.2) is 42.3 Å². The topological polar surface area (TPSA) is 151 Å². The van der Waals surface area contributed by atoms with Crippen LogP contribution in [0, 0.1) is 5.82 Å². The molecule has 1 unspecified atom stereocenters. The number of nitrogens with zero attached hydrogens (tertiary/aromatic N) is 1. The molecule has 0 spiro atoms. The standard InChI is InChI=1S/C12H16FN2O8P/c13-6-5-15(11(18)14-10(6)17)8-4-7(16)9(22-8)12(2-1-3-12)23-24(19,20)21/h5,7-9,16H,1-4H2,(H,14,17,18)(H2,19,20,21)/t7?,8-,9+/m1/s1. The molecule has 1 aliphatic heterocycles. The fraction of sp³-hybridized carbons (Fsp3) is 0.667. The Morgan fingerprint density at radius 3 is 2.62 bits per heavy atom. The molecule has 0 amide bonds. The van der Waals surface area contributed by atoms with Crippen LogP contribution in [0.4, 0.5) is 4.39 Å². The second-order valence-electron chi connectivity index (χ2n) is 5.96. The van der Waals surface area contributed by atoms with Gasteiger partial charge in [0.25, 0.3) is 5.56 Å². The molecule has 24 heavy (non-hydrogen) atoms. The minimum atomic E-state index is -4.81. The third-order valence-electron chi connectivity index (χ3n) is 4.35. The first-order chi connectivity index (χ1) is 11.1. The van der Waals surface area contributed by atoms with Gasteiger partial charge < -0.3 is 19.6 Å². The first-order valence-electron chi connectivity index (χ1n) is 7.22. The summed E-state index contributed by atoms with van der Waals surface area (Å²) in [6.45, 7) is 0. The number of aliphatic hydroxyl groups excluding tert-OH is 1. The lowest BCUT2D eigenvalue weighted by Crippen LogP contribution is -2.54. The van der Waals surface area contributed by atoms with Gasteiger partial charge in [-0.2, -0.15) is 4.39 Å². The third-order valence-corrected chi connectivity index (χ3v) is 4.95. The van der Waals surface area contributed by atoms with Gasteiger partial charge in [0.1, 0.15) is 17.9 Å². The van der Waals surface area contributed by atoms with Crippen LogP contribution in [0.2, 0.25) is 0 Å². The molecule has 134 valence electrons. The van der Waals surface area contributed by atoms with Crippen LogP contribution in [0.25, 0.3) is 0 Å². The van der Waals surface area contributed by atoms with Crippen molar-refractivity contribution in [3.63, 3.8) is 0 Å². The van der Waals surface area contributed by atoms with E-state index >= 15 is 0 Å². The monoisotopic (exact) mass is 366 g/mol. The number of nitrogens with one attached hydrogen (secondary N) is 1. The molecular formula is C12H16FN2O8P. The van der Waals surface area contributed by atoms with Gasteiger partial charge in [-0.3, -0.25) is 18.9 Å². The molecule has 3 rings (SSSR count). The zero-order valence-electron chi connectivity index (χ0n) is 12.3. The van der Waals surface area contributed by atoms with E-state index in [1.54, 1.807) is 4.98 Å². The second-order valence-corrected chi connectivity index (χ2v) is 7.12. The Balaban J connectivity index is 1.87. The lowest BCUT2D eigenvalue weighted by molar-refractivity contribution is -0.167. The van der Waals surface area contributed by atoms with Gasteiger partial charge >= 0.3 is 13.5 Å². The van der Waals surface area contributed by atoms with Crippen molar-refractivity contribution in [2.24, 2.45) is 0 Å². The highest BCUT2D eigenvalue weighted by atomic mass is 31.2. The van der Waals surface area contributed by atoms with E-state index in [0.29, 0.717) is 12.6 Å². The number of H-pyrrole nitrogens is 1. The molecule has 0 radical (unpaired) electrons. The molecule has 1 aliphatic carbocycles. The smallest absolute Gasteiger partial charge is 0.390 e. The molecule has 10 nitrogen and oxygen atoms in total. The highest BCUT2D eigenvalue weighted by Crippen LogP contribution is 2.54. The third kappa shape index (κ3) is 3.10. The van der Waals surface area contributed by atoms with Gasteiger partial charge in [-0.15, -0.1) is 0 Å². The second kappa shape index (κ2) is 5.87. The number of hydrogen-bond acceptors (Lipinski definition) is 6. The Labute approximate surface area is 134 Å². The molecule has 0 aromatic carbocycles. The van der Waals surface area contributed by atoms with E-state index in [-0.39, 0.29) is 19.3 Å². The van der Waals surface area contributed by atoms with E-state index in [1.165, 1.54) is 0 Å². The van der Waals surface area contributed by atoms with Crippen molar-refractivity contribution < 1.29 is 33.1 Å². The van der Waals surface area contributed by atoms with Gasteiger partial charge in [0.05, 0.1) is 12.3 Å². The normalized spacial score (nSPS) is 29.4. The largest absolute Gasteiger partial charge is 0.470 e. The number of hydrogen-bond donors (Lipinski definition) is 4. The van der Waals surface area contributed by atoms with Gasteiger partial charge in [-0.05, 0) is 19.3 Å². The minimum absolute atomic E-state index is 0.123. The Kier molecular flexibility index (Phi) is 4.27. The number of phosphoric ester groups is 1. The fourth-order valence-corrected chi connectivity index (χ4v) is 3.92. The number of aliphatic hydroxyl groups is 1. The number of phosphoric acid groups is 1. The number of aromatic nitrogens is 2. The van der Waals surface area contributed by atoms with Crippen LogP contribution in [-0.2, 0) is 13.8 Å². The summed E-state index contributed by atoms with van der Waals surface area (Å²) in [6.07, 6.45) is -1.66. The quantitative estimate of drug-likeness (QED) is 0.514.